The third-order valence-corrected chi connectivity index (χ3v) is 4.44. The number of alkyl halides is 1. The summed E-state index contributed by atoms with van der Waals surface area (Å²) in [6.45, 7) is 12.7. The second-order valence-electron chi connectivity index (χ2n) is 7.95. The molecule has 1 aromatic carbocycles. The molecule has 0 atom stereocenters. The van der Waals surface area contributed by atoms with Gasteiger partial charge in [-0.05, 0) is 28.5 Å². The van der Waals surface area contributed by atoms with Gasteiger partial charge in [-0.1, -0.05) is 63.5 Å². The number of fused-ring (bicyclic) bond motifs is 1. The molecule has 0 saturated carbocycles. The highest BCUT2D eigenvalue weighted by molar-refractivity contribution is 9.09. The van der Waals surface area contributed by atoms with E-state index in [0.717, 1.165) is 16.5 Å². The van der Waals surface area contributed by atoms with E-state index in [1.54, 1.807) is 6.07 Å². The zero-order valence-electron chi connectivity index (χ0n) is 14.5. The fourth-order valence-corrected chi connectivity index (χ4v) is 2.79. The third kappa shape index (κ3) is 3.57. The summed E-state index contributed by atoms with van der Waals surface area (Å²) in [6, 6.07) is 5.78. The molecule has 124 valence electrons. The number of hydrogen-bond donors (Lipinski definition) is 0. The molecular weight excluding hydrogens is 356 g/mol. The summed E-state index contributed by atoms with van der Waals surface area (Å²) in [5.41, 5.74) is 2.02. The van der Waals surface area contributed by atoms with Crippen LogP contribution in [0.4, 0.5) is 0 Å². The topological polar surface area (TPSA) is 47.3 Å². The van der Waals surface area contributed by atoms with Gasteiger partial charge in [-0.3, -0.25) is 4.79 Å². The van der Waals surface area contributed by atoms with E-state index >= 15 is 0 Å². The quantitative estimate of drug-likeness (QED) is 0.421. The molecule has 23 heavy (non-hydrogen) atoms. The molecule has 0 aliphatic rings. The number of benzene rings is 1. The van der Waals surface area contributed by atoms with Crippen molar-refractivity contribution in [1.82, 2.24) is 0 Å². The van der Waals surface area contributed by atoms with E-state index < -0.39 is 5.63 Å². The van der Waals surface area contributed by atoms with Gasteiger partial charge < -0.3 is 4.42 Å². The summed E-state index contributed by atoms with van der Waals surface area (Å²) in [6.07, 6.45) is 0. The summed E-state index contributed by atoms with van der Waals surface area (Å²) in [4.78, 5) is 24.1. The van der Waals surface area contributed by atoms with Gasteiger partial charge in [0.25, 0.3) is 0 Å². The van der Waals surface area contributed by atoms with E-state index in [-0.39, 0.29) is 27.5 Å². The van der Waals surface area contributed by atoms with Gasteiger partial charge in [0.05, 0.1) is 5.33 Å². The lowest BCUT2D eigenvalue weighted by Gasteiger charge is -2.26. The highest BCUT2D eigenvalue weighted by Gasteiger charge is 2.25. The van der Waals surface area contributed by atoms with Gasteiger partial charge in [0.2, 0.25) is 0 Å². The van der Waals surface area contributed by atoms with E-state index in [2.05, 4.69) is 63.5 Å². The third-order valence-electron chi connectivity index (χ3n) is 3.93. The lowest BCUT2D eigenvalue weighted by atomic mass is 9.79. The molecule has 0 N–H and O–H groups in total. The Labute approximate surface area is 145 Å². The molecule has 0 aliphatic heterocycles. The Kier molecular flexibility index (Phi) is 4.60. The largest absolute Gasteiger partial charge is 0.422 e. The molecule has 2 aromatic rings. The van der Waals surface area contributed by atoms with Crippen LogP contribution in [-0.4, -0.2) is 11.1 Å². The molecule has 0 bridgehead atoms. The number of carbonyl (C=O) groups excluding carboxylic acids is 1. The van der Waals surface area contributed by atoms with Crippen LogP contribution in [0, 0.1) is 0 Å². The fraction of sp³-hybridized carbons (Fsp3) is 0.474. The van der Waals surface area contributed by atoms with Crippen molar-refractivity contribution in [3.05, 3.63) is 45.3 Å². The number of halogens is 1. The minimum Gasteiger partial charge on any atom is -0.422 e. The monoisotopic (exact) mass is 378 g/mol. The van der Waals surface area contributed by atoms with Crippen molar-refractivity contribution in [3.63, 3.8) is 0 Å². The van der Waals surface area contributed by atoms with E-state index in [1.807, 2.05) is 6.07 Å². The van der Waals surface area contributed by atoms with Crippen LogP contribution < -0.4 is 5.63 Å². The van der Waals surface area contributed by atoms with Crippen LogP contribution in [0.15, 0.2) is 27.4 Å². The zero-order valence-corrected chi connectivity index (χ0v) is 16.1. The van der Waals surface area contributed by atoms with Crippen LogP contribution in [0.5, 0.6) is 0 Å². The summed E-state index contributed by atoms with van der Waals surface area (Å²) in [5, 5.41) is 0.903. The minimum atomic E-state index is -0.573. The Morgan fingerprint density at radius 3 is 2.13 bits per heavy atom. The summed E-state index contributed by atoms with van der Waals surface area (Å²) in [5.74, 6) is -0.265. The van der Waals surface area contributed by atoms with Gasteiger partial charge in [-0.15, -0.1) is 0 Å². The first-order valence-corrected chi connectivity index (χ1v) is 8.79. The van der Waals surface area contributed by atoms with Gasteiger partial charge in [-0.2, -0.15) is 0 Å². The SMILES string of the molecule is CC(C)(C)c1cc(C(C)(C)C)c2oc(=O)c(C(=O)CBr)cc2c1. The molecular formula is C19H23BrO3. The van der Waals surface area contributed by atoms with Crippen molar-refractivity contribution < 1.29 is 9.21 Å². The Balaban J connectivity index is 2.91. The second-order valence-corrected chi connectivity index (χ2v) is 8.51. The van der Waals surface area contributed by atoms with Crippen LogP contribution in [-0.2, 0) is 10.8 Å². The molecule has 1 heterocycles. The van der Waals surface area contributed by atoms with Crippen molar-refractivity contribution in [3.8, 4) is 0 Å². The Morgan fingerprint density at radius 2 is 1.65 bits per heavy atom. The highest BCUT2D eigenvalue weighted by Crippen LogP contribution is 2.35. The molecule has 2 rings (SSSR count). The van der Waals surface area contributed by atoms with E-state index in [4.69, 9.17) is 4.42 Å². The van der Waals surface area contributed by atoms with Gasteiger partial charge in [0, 0.05) is 10.9 Å². The van der Waals surface area contributed by atoms with Crippen LogP contribution in [0.25, 0.3) is 11.0 Å². The maximum Gasteiger partial charge on any atom is 0.347 e. The standard InChI is InChI=1S/C19H23BrO3/c1-18(2,3)12-7-11-8-13(15(21)10-20)17(22)23-16(11)14(9-12)19(4,5)6/h7-9H,10H2,1-6H3. The zero-order chi connectivity index (χ0) is 17.6. The molecule has 0 spiro atoms. The molecule has 0 saturated heterocycles. The molecule has 1 aromatic heterocycles. The van der Waals surface area contributed by atoms with Gasteiger partial charge >= 0.3 is 5.63 Å². The Morgan fingerprint density at radius 1 is 1.04 bits per heavy atom. The average Bonchev–Trinajstić information content (AvgIpc) is 2.42. The van der Waals surface area contributed by atoms with Crippen molar-refractivity contribution in [2.24, 2.45) is 0 Å². The maximum absolute atomic E-state index is 12.2. The van der Waals surface area contributed by atoms with E-state index in [1.165, 1.54) is 0 Å². The molecule has 0 radical (unpaired) electrons. The van der Waals surface area contributed by atoms with Crippen LogP contribution >= 0.6 is 15.9 Å². The molecule has 3 nitrogen and oxygen atoms in total. The molecule has 0 aliphatic carbocycles. The first-order valence-electron chi connectivity index (χ1n) is 7.67. The normalized spacial score (nSPS) is 12.7. The predicted molar refractivity (Wildman–Crippen MR) is 98.0 cm³/mol. The van der Waals surface area contributed by atoms with Crippen molar-refractivity contribution in [2.45, 2.75) is 52.4 Å². The number of rotatable bonds is 2. The second kappa shape index (κ2) is 5.90. The smallest absolute Gasteiger partial charge is 0.347 e. The van der Waals surface area contributed by atoms with Gasteiger partial charge in [0.15, 0.2) is 5.78 Å². The Bertz CT molecular complexity index is 817. The summed E-state index contributed by atoms with van der Waals surface area (Å²) < 4.78 is 5.54. The first kappa shape index (κ1) is 17.9. The average molecular weight is 379 g/mol. The lowest BCUT2D eigenvalue weighted by Crippen LogP contribution is -2.19. The van der Waals surface area contributed by atoms with Gasteiger partial charge in [-0.25, -0.2) is 4.79 Å². The summed E-state index contributed by atoms with van der Waals surface area (Å²) >= 11 is 3.11. The van der Waals surface area contributed by atoms with Gasteiger partial charge in [0.1, 0.15) is 11.1 Å². The number of Topliss-reactive ketones (excluding diaryl/α,β-unsaturated/α-hetero) is 1. The molecule has 0 amide bonds. The first-order chi connectivity index (χ1) is 10.4. The highest BCUT2D eigenvalue weighted by atomic mass is 79.9. The molecule has 0 fully saturated rings. The number of carbonyl (C=O) groups is 1. The summed E-state index contributed by atoms with van der Waals surface area (Å²) in [7, 11) is 0. The van der Waals surface area contributed by atoms with E-state index in [0.29, 0.717) is 5.58 Å². The lowest BCUT2D eigenvalue weighted by molar-refractivity contribution is 0.102. The van der Waals surface area contributed by atoms with Crippen molar-refractivity contribution in [2.75, 3.05) is 5.33 Å². The van der Waals surface area contributed by atoms with Crippen molar-refractivity contribution in [1.29, 1.82) is 0 Å². The molecule has 4 heteroatoms. The predicted octanol–water partition coefficient (Wildman–Crippen LogP) is 4.97. The van der Waals surface area contributed by atoms with E-state index in [9.17, 15) is 9.59 Å². The Hall–Kier alpha value is -1.42. The minimum absolute atomic E-state index is 0.0378. The number of ketones is 1. The van der Waals surface area contributed by atoms with Crippen LogP contribution in [0.2, 0.25) is 0 Å². The van der Waals surface area contributed by atoms with Crippen LogP contribution in [0.3, 0.4) is 0 Å². The number of hydrogen-bond acceptors (Lipinski definition) is 3. The van der Waals surface area contributed by atoms with Crippen LogP contribution in [0.1, 0.15) is 63.0 Å². The fourth-order valence-electron chi connectivity index (χ4n) is 2.49. The van der Waals surface area contributed by atoms with Crippen molar-refractivity contribution >= 4 is 32.7 Å². The maximum atomic E-state index is 12.2. The molecule has 0 unspecified atom stereocenters.